The molecule has 2 heterocycles. The van der Waals surface area contributed by atoms with Crippen molar-refractivity contribution in [3.05, 3.63) is 69.9 Å². The van der Waals surface area contributed by atoms with Crippen LogP contribution in [-0.4, -0.2) is 23.3 Å². The van der Waals surface area contributed by atoms with Gasteiger partial charge in [0, 0.05) is 29.1 Å². The van der Waals surface area contributed by atoms with Crippen molar-refractivity contribution in [3.63, 3.8) is 0 Å². The van der Waals surface area contributed by atoms with Gasteiger partial charge in [0.1, 0.15) is 10.8 Å². The van der Waals surface area contributed by atoms with Crippen LogP contribution in [0.5, 0.6) is 0 Å². The molecule has 0 spiro atoms. The van der Waals surface area contributed by atoms with Crippen molar-refractivity contribution in [2.45, 2.75) is 19.9 Å². The third-order valence-corrected chi connectivity index (χ3v) is 6.56. The standard InChI is InChI=1S/C22H19ClFN3O2S/c1-13-19(30-22(26-13)17-7-2-3-8-18(17)23)11-25-21(29)14-9-20(28)27(12-14)16-6-4-5-15(24)10-16/h2-8,10,14H,9,11-12H2,1H3,(H,25,29). The van der Waals surface area contributed by atoms with E-state index < -0.39 is 11.7 Å². The Morgan fingerprint density at radius 3 is 2.87 bits per heavy atom. The van der Waals surface area contributed by atoms with Crippen LogP contribution >= 0.6 is 22.9 Å². The fourth-order valence-electron chi connectivity index (χ4n) is 3.43. The summed E-state index contributed by atoms with van der Waals surface area (Å²) in [6.45, 7) is 2.46. The number of benzene rings is 2. The number of hydrogen-bond donors (Lipinski definition) is 1. The molecule has 1 saturated heterocycles. The zero-order valence-electron chi connectivity index (χ0n) is 16.2. The predicted octanol–water partition coefficient (Wildman–Crippen LogP) is 4.58. The number of hydrogen-bond acceptors (Lipinski definition) is 4. The van der Waals surface area contributed by atoms with Crippen LogP contribution in [0, 0.1) is 18.7 Å². The molecular weight excluding hydrogens is 425 g/mol. The highest BCUT2D eigenvalue weighted by Gasteiger charge is 2.35. The summed E-state index contributed by atoms with van der Waals surface area (Å²) in [6.07, 6.45) is 0.106. The predicted molar refractivity (Wildman–Crippen MR) is 116 cm³/mol. The summed E-state index contributed by atoms with van der Waals surface area (Å²) in [4.78, 5) is 31.9. The van der Waals surface area contributed by atoms with Crippen LogP contribution in [0.3, 0.4) is 0 Å². The first-order valence-corrected chi connectivity index (χ1v) is 10.7. The number of thiazole rings is 1. The van der Waals surface area contributed by atoms with E-state index in [9.17, 15) is 14.0 Å². The maximum atomic E-state index is 13.5. The van der Waals surface area contributed by atoms with Crippen molar-refractivity contribution in [3.8, 4) is 10.6 Å². The second kappa shape index (κ2) is 8.53. The van der Waals surface area contributed by atoms with Crippen LogP contribution in [0.2, 0.25) is 5.02 Å². The van der Waals surface area contributed by atoms with E-state index in [1.165, 1.54) is 28.4 Å². The largest absolute Gasteiger partial charge is 0.351 e. The number of aryl methyl sites for hydroxylation is 1. The number of amides is 2. The molecule has 1 aliphatic rings. The Morgan fingerprint density at radius 1 is 1.30 bits per heavy atom. The van der Waals surface area contributed by atoms with Crippen molar-refractivity contribution in [1.29, 1.82) is 0 Å². The Bertz CT molecular complexity index is 1120. The summed E-state index contributed by atoms with van der Waals surface area (Å²) in [5.74, 6) is -1.27. The molecule has 1 N–H and O–H groups in total. The third-order valence-electron chi connectivity index (χ3n) is 5.04. The maximum Gasteiger partial charge on any atom is 0.227 e. The van der Waals surface area contributed by atoms with Gasteiger partial charge in [-0.3, -0.25) is 9.59 Å². The molecule has 4 rings (SSSR count). The quantitative estimate of drug-likeness (QED) is 0.627. The maximum absolute atomic E-state index is 13.5. The summed E-state index contributed by atoms with van der Waals surface area (Å²) in [5.41, 5.74) is 2.16. The van der Waals surface area contributed by atoms with E-state index in [1.54, 1.807) is 12.1 Å². The molecule has 1 aromatic heterocycles. The van der Waals surface area contributed by atoms with Gasteiger partial charge >= 0.3 is 0 Å². The molecule has 1 fully saturated rings. The molecule has 3 aromatic rings. The first kappa shape index (κ1) is 20.5. The highest BCUT2D eigenvalue weighted by Crippen LogP contribution is 2.33. The van der Waals surface area contributed by atoms with Gasteiger partial charge in [-0.15, -0.1) is 11.3 Å². The van der Waals surface area contributed by atoms with Gasteiger partial charge in [-0.25, -0.2) is 9.37 Å². The van der Waals surface area contributed by atoms with Gasteiger partial charge in [-0.1, -0.05) is 35.9 Å². The molecule has 5 nitrogen and oxygen atoms in total. The number of aromatic nitrogens is 1. The van der Waals surface area contributed by atoms with Crippen LogP contribution in [0.25, 0.3) is 10.6 Å². The molecular formula is C22H19ClFN3O2S. The summed E-state index contributed by atoms with van der Waals surface area (Å²) in [6, 6.07) is 13.3. The Morgan fingerprint density at radius 2 is 2.10 bits per heavy atom. The first-order chi connectivity index (χ1) is 14.4. The number of anilines is 1. The van der Waals surface area contributed by atoms with Crippen LogP contribution in [-0.2, 0) is 16.1 Å². The number of nitrogens with zero attached hydrogens (tertiary/aromatic N) is 2. The van der Waals surface area contributed by atoms with E-state index in [4.69, 9.17) is 11.6 Å². The van der Waals surface area contributed by atoms with Gasteiger partial charge in [-0.05, 0) is 31.2 Å². The summed E-state index contributed by atoms with van der Waals surface area (Å²) in [7, 11) is 0. The molecule has 0 radical (unpaired) electrons. The minimum atomic E-state index is -0.475. The van der Waals surface area contributed by atoms with E-state index in [0.29, 0.717) is 17.3 Å². The Hall–Kier alpha value is -2.77. The van der Waals surface area contributed by atoms with Crippen molar-refractivity contribution in [2.24, 2.45) is 5.92 Å². The molecule has 1 atom stereocenters. The molecule has 0 saturated carbocycles. The van der Waals surface area contributed by atoms with Crippen LogP contribution in [0.15, 0.2) is 48.5 Å². The summed E-state index contributed by atoms with van der Waals surface area (Å²) < 4.78 is 13.5. The van der Waals surface area contributed by atoms with Gasteiger partial charge in [-0.2, -0.15) is 0 Å². The van der Waals surface area contributed by atoms with E-state index in [0.717, 1.165) is 21.1 Å². The van der Waals surface area contributed by atoms with Crippen molar-refractivity contribution >= 4 is 40.4 Å². The molecule has 1 unspecified atom stereocenters. The minimum Gasteiger partial charge on any atom is -0.351 e. The van der Waals surface area contributed by atoms with Gasteiger partial charge < -0.3 is 10.2 Å². The molecule has 30 heavy (non-hydrogen) atoms. The monoisotopic (exact) mass is 443 g/mol. The van der Waals surface area contributed by atoms with Crippen LogP contribution in [0.4, 0.5) is 10.1 Å². The zero-order valence-corrected chi connectivity index (χ0v) is 17.8. The van der Waals surface area contributed by atoms with Crippen LogP contribution < -0.4 is 10.2 Å². The lowest BCUT2D eigenvalue weighted by atomic mass is 10.1. The SMILES string of the molecule is Cc1nc(-c2ccccc2Cl)sc1CNC(=O)C1CC(=O)N(c2cccc(F)c2)C1. The van der Waals surface area contributed by atoms with Gasteiger partial charge in [0.25, 0.3) is 0 Å². The normalized spacial score (nSPS) is 16.2. The summed E-state index contributed by atoms with van der Waals surface area (Å²) >= 11 is 7.74. The summed E-state index contributed by atoms with van der Waals surface area (Å²) in [5, 5.41) is 4.34. The number of halogens is 2. The number of rotatable bonds is 5. The average molecular weight is 444 g/mol. The lowest BCUT2D eigenvalue weighted by Crippen LogP contribution is -2.32. The fourth-order valence-corrected chi connectivity index (χ4v) is 4.75. The average Bonchev–Trinajstić information content (AvgIpc) is 3.29. The molecule has 2 aromatic carbocycles. The highest BCUT2D eigenvalue weighted by molar-refractivity contribution is 7.15. The zero-order chi connectivity index (χ0) is 21.3. The van der Waals surface area contributed by atoms with E-state index >= 15 is 0 Å². The minimum absolute atomic E-state index is 0.106. The number of nitrogens with one attached hydrogen (secondary N) is 1. The molecule has 1 aliphatic heterocycles. The van der Waals surface area contributed by atoms with E-state index in [1.807, 2.05) is 31.2 Å². The number of carbonyl (C=O) groups is 2. The second-order valence-corrected chi connectivity index (χ2v) is 8.60. The van der Waals surface area contributed by atoms with Crippen molar-refractivity contribution in [1.82, 2.24) is 10.3 Å². The Kier molecular flexibility index (Phi) is 5.83. The van der Waals surface area contributed by atoms with Crippen molar-refractivity contribution < 1.29 is 14.0 Å². The Balaban J connectivity index is 1.41. The van der Waals surface area contributed by atoms with Crippen molar-refractivity contribution in [2.75, 3.05) is 11.4 Å². The first-order valence-electron chi connectivity index (χ1n) is 9.47. The fraction of sp³-hybridized carbons (Fsp3) is 0.227. The second-order valence-electron chi connectivity index (χ2n) is 7.11. The molecule has 8 heteroatoms. The lowest BCUT2D eigenvalue weighted by Gasteiger charge is -2.16. The highest BCUT2D eigenvalue weighted by atomic mass is 35.5. The molecule has 154 valence electrons. The molecule has 0 bridgehead atoms. The van der Waals surface area contributed by atoms with E-state index in [2.05, 4.69) is 10.3 Å². The Labute approximate surface area is 182 Å². The third kappa shape index (κ3) is 4.22. The molecule has 2 amide bonds. The van der Waals surface area contributed by atoms with Gasteiger partial charge in [0.15, 0.2) is 0 Å². The lowest BCUT2D eigenvalue weighted by molar-refractivity contribution is -0.126. The van der Waals surface area contributed by atoms with Gasteiger partial charge in [0.2, 0.25) is 11.8 Å². The van der Waals surface area contributed by atoms with Crippen LogP contribution in [0.1, 0.15) is 17.0 Å². The van der Waals surface area contributed by atoms with Gasteiger partial charge in [0.05, 0.1) is 23.2 Å². The molecule has 0 aliphatic carbocycles. The number of carbonyl (C=O) groups excluding carboxylic acids is 2. The topological polar surface area (TPSA) is 62.3 Å². The smallest absolute Gasteiger partial charge is 0.227 e. The van der Waals surface area contributed by atoms with E-state index in [-0.39, 0.29) is 24.8 Å².